The van der Waals surface area contributed by atoms with Gasteiger partial charge in [0.1, 0.15) is 11.4 Å². The van der Waals surface area contributed by atoms with Crippen molar-refractivity contribution in [1.82, 2.24) is 30.6 Å². The third kappa shape index (κ3) is 3.31. The molecule has 1 aromatic carbocycles. The summed E-state index contributed by atoms with van der Waals surface area (Å²) < 4.78 is 1.99. The highest BCUT2D eigenvalue weighted by Crippen LogP contribution is 2.27. The molecule has 0 spiro atoms. The van der Waals surface area contributed by atoms with Gasteiger partial charge in [-0.1, -0.05) is 12.1 Å². The number of aromatic nitrogens is 4. The number of carbonyl (C=O) groups is 1. The van der Waals surface area contributed by atoms with Crippen LogP contribution in [0.2, 0.25) is 0 Å². The highest BCUT2D eigenvalue weighted by molar-refractivity contribution is 5.93. The minimum atomic E-state index is -0.263. The first-order valence-corrected chi connectivity index (χ1v) is 8.59. The molecule has 0 unspecified atom stereocenters. The summed E-state index contributed by atoms with van der Waals surface area (Å²) in [6.07, 6.45) is 1.05. The Morgan fingerprint density at radius 2 is 2.19 bits per heavy atom. The lowest BCUT2D eigenvalue weighted by Crippen LogP contribution is -2.23. The van der Waals surface area contributed by atoms with E-state index in [-0.39, 0.29) is 11.7 Å². The number of amides is 1. The van der Waals surface area contributed by atoms with Gasteiger partial charge in [-0.15, -0.1) is 0 Å². The van der Waals surface area contributed by atoms with E-state index in [2.05, 4.69) is 25.9 Å². The van der Waals surface area contributed by atoms with Crippen molar-refractivity contribution in [3.8, 4) is 17.0 Å². The Balaban J connectivity index is 1.42. The van der Waals surface area contributed by atoms with Crippen molar-refractivity contribution in [2.75, 3.05) is 6.54 Å². The highest BCUT2D eigenvalue weighted by atomic mass is 16.3. The van der Waals surface area contributed by atoms with Crippen LogP contribution in [0.25, 0.3) is 11.3 Å². The summed E-state index contributed by atoms with van der Waals surface area (Å²) in [4.78, 5) is 12.4. The van der Waals surface area contributed by atoms with Crippen LogP contribution in [0.15, 0.2) is 36.4 Å². The minimum Gasteiger partial charge on any atom is -0.507 e. The topological polar surface area (TPSA) is 108 Å². The Morgan fingerprint density at radius 1 is 1.31 bits per heavy atom. The van der Waals surface area contributed by atoms with E-state index in [1.54, 1.807) is 30.3 Å². The highest BCUT2D eigenvalue weighted by Gasteiger charge is 2.15. The number of hydrogen-bond acceptors (Lipinski definition) is 5. The summed E-state index contributed by atoms with van der Waals surface area (Å²) in [6.45, 7) is 3.03. The Bertz CT molecular complexity index is 906. The Hall–Kier alpha value is -3.13. The van der Waals surface area contributed by atoms with Crippen molar-refractivity contribution in [3.05, 3.63) is 53.5 Å². The maximum Gasteiger partial charge on any atom is 0.269 e. The molecule has 8 nitrogen and oxygen atoms in total. The summed E-state index contributed by atoms with van der Waals surface area (Å²) in [5.41, 5.74) is 3.40. The summed E-state index contributed by atoms with van der Waals surface area (Å²) in [7, 11) is 0. The predicted molar refractivity (Wildman–Crippen MR) is 95.4 cm³/mol. The second-order valence-electron chi connectivity index (χ2n) is 6.25. The number of phenols is 1. The summed E-state index contributed by atoms with van der Waals surface area (Å²) in [5.74, 6) is -0.139. The van der Waals surface area contributed by atoms with Gasteiger partial charge in [-0.05, 0) is 37.2 Å². The Kier molecular flexibility index (Phi) is 4.40. The van der Waals surface area contributed by atoms with Gasteiger partial charge in [0, 0.05) is 18.7 Å². The SMILES string of the molecule is O=C(NCc1cc2n(n1)CCCNC2)c1cc(-c2ccccc2O)n[nH]1. The van der Waals surface area contributed by atoms with E-state index in [0.717, 1.165) is 37.4 Å². The maximum atomic E-state index is 12.4. The molecule has 4 rings (SSSR count). The first kappa shape index (κ1) is 16.3. The molecule has 1 aliphatic heterocycles. The van der Waals surface area contributed by atoms with Crippen LogP contribution >= 0.6 is 0 Å². The fraction of sp³-hybridized carbons (Fsp3) is 0.278. The van der Waals surface area contributed by atoms with Crippen molar-refractivity contribution in [2.45, 2.75) is 26.1 Å². The summed E-state index contributed by atoms with van der Waals surface area (Å²) in [5, 5.41) is 27.5. The van der Waals surface area contributed by atoms with Crippen molar-refractivity contribution in [1.29, 1.82) is 0 Å². The smallest absolute Gasteiger partial charge is 0.269 e. The summed E-state index contributed by atoms with van der Waals surface area (Å²) in [6, 6.07) is 10.5. The van der Waals surface area contributed by atoms with Gasteiger partial charge < -0.3 is 15.7 Å². The number of carbonyl (C=O) groups excluding carboxylic acids is 1. The quantitative estimate of drug-likeness (QED) is 0.568. The molecule has 8 heteroatoms. The van der Waals surface area contributed by atoms with Gasteiger partial charge >= 0.3 is 0 Å². The number of fused-ring (bicyclic) bond motifs is 1. The molecule has 1 aliphatic rings. The number of para-hydroxylation sites is 1. The van der Waals surface area contributed by atoms with Gasteiger partial charge in [-0.3, -0.25) is 14.6 Å². The van der Waals surface area contributed by atoms with Crippen LogP contribution in [0.5, 0.6) is 5.75 Å². The molecule has 0 saturated carbocycles. The second kappa shape index (κ2) is 7.01. The molecule has 0 bridgehead atoms. The average Bonchev–Trinajstić information content (AvgIpc) is 3.23. The fourth-order valence-electron chi connectivity index (χ4n) is 3.04. The van der Waals surface area contributed by atoms with E-state index >= 15 is 0 Å². The van der Waals surface area contributed by atoms with Gasteiger partial charge in [0.25, 0.3) is 5.91 Å². The molecule has 2 aromatic heterocycles. The van der Waals surface area contributed by atoms with Crippen molar-refractivity contribution in [3.63, 3.8) is 0 Å². The number of hydrogen-bond donors (Lipinski definition) is 4. The van der Waals surface area contributed by atoms with E-state index in [9.17, 15) is 9.90 Å². The van der Waals surface area contributed by atoms with E-state index in [0.29, 0.717) is 23.5 Å². The molecule has 1 amide bonds. The standard InChI is InChI=1S/C18H20N6O2/c25-17-5-2-1-4-14(17)15-9-16(22-21-15)18(26)20-10-12-8-13-11-19-6-3-7-24(13)23-12/h1-2,4-5,8-9,19,25H,3,6-7,10-11H2,(H,20,26)(H,21,22). The van der Waals surface area contributed by atoms with Crippen LogP contribution in [-0.2, 0) is 19.6 Å². The average molecular weight is 352 g/mol. The molecule has 3 heterocycles. The van der Waals surface area contributed by atoms with E-state index < -0.39 is 0 Å². The predicted octanol–water partition coefficient (Wildman–Crippen LogP) is 1.40. The van der Waals surface area contributed by atoms with Crippen LogP contribution in [0.4, 0.5) is 0 Å². The van der Waals surface area contributed by atoms with Gasteiger partial charge in [0.05, 0.1) is 23.6 Å². The largest absolute Gasteiger partial charge is 0.507 e. The minimum absolute atomic E-state index is 0.124. The van der Waals surface area contributed by atoms with Gasteiger partial charge in [-0.25, -0.2) is 0 Å². The lowest BCUT2D eigenvalue weighted by Gasteiger charge is -2.01. The van der Waals surface area contributed by atoms with E-state index in [1.165, 1.54) is 0 Å². The van der Waals surface area contributed by atoms with Crippen LogP contribution in [0.3, 0.4) is 0 Å². The first-order valence-electron chi connectivity index (χ1n) is 8.59. The molecule has 0 aliphatic carbocycles. The number of H-pyrrole nitrogens is 1. The number of phenolic OH excluding ortho intramolecular Hbond substituents is 1. The summed E-state index contributed by atoms with van der Waals surface area (Å²) >= 11 is 0. The zero-order valence-electron chi connectivity index (χ0n) is 14.2. The lowest BCUT2D eigenvalue weighted by molar-refractivity contribution is 0.0945. The number of aromatic hydroxyl groups is 1. The van der Waals surface area contributed by atoms with Crippen molar-refractivity contribution >= 4 is 5.91 Å². The van der Waals surface area contributed by atoms with Gasteiger partial charge in [0.15, 0.2) is 0 Å². The fourth-order valence-corrected chi connectivity index (χ4v) is 3.04. The molecule has 0 atom stereocenters. The third-order valence-corrected chi connectivity index (χ3v) is 4.38. The molecular formula is C18H20N6O2. The first-order chi connectivity index (χ1) is 12.7. The number of nitrogens with zero attached hydrogens (tertiary/aromatic N) is 3. The zero-order chi connectivity index (χ0) is 17.9. The molecule has 134 valence electrons. The van der Waals surface area contributed by atoms with Crippen LogP contribution in [0, 0.1) is 0 Å². The second-order valence-corrected chi connectivity index (χ2v) is 6.25. The molecule has 4 N–H and O–H groups in total. The number of aryl methyl sites for hydroxylation is 1. The zero-order valence-corrected chi connectivity index (χ0v) is 14.2. The van der Waals surface area contributed by atoms with Gasteiger partial charge in [-0.2, -0.15) is 10.2 Å². The van der Waals surface area contributed by atoms with E-state index in [1.807, 2.05) is 10.7 Å². The number of nitrogens with one attached hydrogen (secondary N) is 3. The molecule has 0 radical (unpaired) electrons. The monoisotopic (exact) mass is 352 g/mol. The molecular weight excluding hydrogens is 332 g/mol. The Labute approximate surface area is 150 Å². The van der Waals surface area contributed by atoms with Crippen LogP contribution in [0.1, 0.15) is 28.3 Å². The normalized spacial score (nSPS) is 13.8. The van der Waals surface area contributed by atoms with Gasteiger partial charge in [0.2, 0.25) is 0 Å². The number of rotatable bonds is 4. The molecule has 3 aromatic rings. The van der Waals surface area contributed by atoms with Crippen LogP contribution in [-0.4, -0.2) is 37.5 Å². The van der Waals surface area contributed by atoms with Crippen molar-refractivity contribution in [2.24, 2.45) is 0 Å². The maximum absolute atomic E-state index is 12.4. The number of benzene rings is 1. The third-order valence-electron chi connectivity index (χ3n) is 4.38. The lowest BCUT2D eigenvalue weighted by atomic mass is 10.1. The van der Waals surface area contributed by atoms with E-state index in [4.69, 9.17) is 0 Å². The van der Waals surface area contributed by atoms with Crippen molar-refractivity contribution < 1.29 is 9.90 Å². The molecule has 0 saturated heterocycles. The Morgan fingerprint density at radius 3 is 3.08 bits per heavy atom. The van der Waals surface area contributed by atoms with Crippen LogP contribution < -0.4 is 10.6 Å². The molecule has 0 fully saturated rings. The molecule has 26 heavy (non-hydrogen) atoms. The number of aromatic amines is 1.